The van der Waals surface area contributed by atoms with Crippen LogP contribution in [0.2, 0.25) is 0 Å². The number of aromatic amines is 1. The molecule has 0 bridgehead atoms. The topological polar surface area (TPSA) is 124 Å². The number of hydrogen-bond donors (Lipinski definition) is 2. The molecule has 1 aromatic heterocycles. The minimum absolute atomic E-state index is 0.169. The van der Waals surface area contributed by atoms with Gasteiger partial charge in [-0.05, 0) is 18.6 Å². The first kappa shape index (κ1) is 19.0. The van der Waals surface area contributed by atoms with Gasteiger partial charge in [-0.3, -0.25) is 19.1 Å². The zero-order valence-electron chi connectivity index (χ0n) is 13.7. The largest absolute Gasteiger partial charge is 0.454 e. The number of anilines is 1. The summed E-state index contributed by atoms with van der Waals surface area (Å²) in [7, 11) is 0. The maximum atomic E-state index is 13.5. The highest BCUT2D eigenvalue weighted by molar-refractivity contribution is 6.02. The zero-order chi connectivity index (χ0) is 19.4. The molecule has 138 valence electrons. The molecular weight excluding hydrogens is 352 g/mol. The SMILES string of the molecule is CCCn1c(N)c(C(=O)COC(=O)c2ccc(F)cc2F)c(=O)[nH]c1=O. The van der Waals surface area contributed by atoms with E-state index in [1.54, 1.807) is 6.92 Å². The Kier molecular flexibility index (Phi) is 5.65. The second kappa shape index (κ2) is 7.72. The van der Waals surface area contributed by atoms with E-state index in [0.717, 1.165) is 16.7 Å². The van der Waals surface area contributed by atoms with E-state index in [0.29, 0.717) is 12.5 Å². The molecule has 26 heavy (non-hydrogen) atoms. The lowest BCUT2D eigenvalue weighted by Gasteiger charge is -2.11. The summed E-state index contributed by atoms with van der Waals surface area (Å²) < 4.78 is 32.0. The quantitative estimate of drug-likeness (QED) is 0.576. The van der Waals surface area contributed by atoms with Gasteiger partial charge in [-0.2, -0.15) is 0 Å². The molecular formula is C16H15F2N3O5. The number of nitrogens with zero attached hydrogens (tertiary/aromatic N) is 1. The Labute approximate surface area is 145 Å². The Balaban J connectivity index is 2.23. The number of H-pyrrole nitrogens is 1. The summed E-state index contributed by atoms with van der Waals surface area (Å²) in [6.07, 6.45) is 0.516. The summed E-state index contributed by atoms with van der Waals surface area (Å²) in [5.74, 6) is -4.57. The molecule has 0 aliphatic rings. The van der Waals surface area contributed by atoms with Crippen LogP contribution in [0, 0.1) is 11.6 Å². The molecule has 0 atom stereocenters. The molecule has 0 saturated carbocycles. The highest BCUT2D eigenvalue weighted by Gasteiger charge is 2.22. The number of rotatable bonds is 6. The molecule has 2 rings (SSSR count). The number of carbonyl (C=O) groups excluding carboxylic acids is 2. The van der Waals surface area contributed by atoms with Crippen LogP contribution >= 0.6 is 0 Å². The van der Waals surface area contributed by atoms with E-state index in [9.17, 15) is 28.0 Å². The van der Waals surface area contributed by atoms with E-state index >= 15 is 0 Å². The normalized spacial score (nSPS) is 10.6. The smallest absolute Gasteiger partial charge is 0.341 e. The predicted octanol–water partition coefficient (Wildman–Crippen LogP) is 0.847. The van der Waals surface area contributed by atoms with E-state index < -0.39 is 52.4 Å². The predicted molar refractivity (Wildman–Crippen MR) is 87.0 cm³/mol. The number of benzene rings is 1. The fraction of sp³-hybridized carbons (Fsp3) is 0.250. The van der Waals surface area contributed by atoms with Crippen molar-refractivity contribution in [3.8, 4) is 0 Å². The summed E-state index contributed by atoms with van der Waals surface area (Å²) in [6.45, 7) is 1.02. The Morgan fingerprint density at radius 1 is 1.27 bits per heavy atom. The van der Waals surface area contributed by atoms with Gasteiger partial charge in [0.25, 0.3) is 5.56 Å². The van der Waals surface area contributed by atoms with Gasteiger partial charge >= 0.3 is 11.7 Å². The molecule has 0 amide bonds. The zero-order valence-corrected chi connectivity index (χ0v) is 13.7. The monoisotopic (exact) mass is 367 g/mol. The number of nitrogen functional groups attached to an aromatic ring is 1. The Morgan fingerprint density at radius 3 is 2.58 bits per heavy atom. The van der Waals surface area contributed by atoms with Crippen LogP contribution in [-0.4, -0.2) is 27.9 Å². The van der Waals surface area contributed by atoms with Crippen LogP contribution in [0.15, 0.2) is 27.8 Å². The third-order valence-corrected chi connectivity index (χ3v) is 3.45. The first-order valence-electron chi connectivity index (χ1n) is 7.54. The second-order valence-electron chi connectivity index (χ2n) is 5.29. The van der Waals surface area contributed by atoms with Gasteiger partial charge in [-0.1, -0.05) is 6.92 Å². The highest BCUT2D eigenvalue weighted by Crippen LogP contribution is 2.12. The Hall–Kier alpha value is -3.30. The number of halogens is 2. The van der Waals surface area contributed by atoms with Crippen LogP contribution in [0.1, 0.15) is 34.1 Å². The van der Waals surface area contributed by atoms with Crippen molar-refractivity contribution in [3.05, 3.63) is 61.8 Å². The number of ketones is 1. The summed E-state index contributed by atoms with van der Waals surface area (Å²) in [5, 5.41) is 0. The number of ether oxygens (including phenoxy) is 1. The molecule has 1 aromatic carbocycles. The molecule has 0 fully saturated rings. The molecule has 0 unspecified atom stereocenters. The average Bonchev–Trinajstić information content (AvgIpc) is 2.56. The minimum atomic E-state index is -1.22. The molecule has 1 heterocycles. The highest BCUT2D eigenvalue weighted by atomic mass is 19.1. The van der Waals surface area contributed by atoms with Crippen LogP contribution in [0.4, 0.5) is 14.6 Å². The van der Waals surface area contributed by atoms with Crippen LogP contribution in [0.3, 0.4) is 0 Å². The molecule has 3 N–H and O–H groups in total. The van der Waals surface area contributed by atoms with Crippen LogP contribution in [0.5, 0.6) is 0 Å². The molecule has 0 aliphatic heterocycles. The van der Waals surface area contributed by atoms with Crippen molar-refractivity contribution in [2.75, 3.05) is 12.3 Å². The van der Waals surface area contributed by atoms with E-state index in [2.05, 4.69) is 4.74 Å². The van der Waals surface area contributed by atoms with Crippen molar-refractivity contribution in [1.82, 2.24) is 9.55 Å². The van der Waals surface area contributed by atoms with Gasteiger partial charge in [0, 0.05) is 12.6 Å². The molecule has 0 spiro atoms. The lowest BCUT2D eigenvalue weighted by atomic mass is 10.2. The minimum Gasteiger partial charge on any atom is -0.454 e. The molecule has 0 aliphatic carbocycles. The molecule has 0 saturated heterocycles. The lowest BCUT2D eigenvalue weighted by Crippen LogP contribution is -2.37. The summed E-state index contributed by atoms with van der Waals surface area (Å²) >= 11 is 0. The standard InChI is InChI=1S/C16H15F2N3O5/c1-2-5-21-13(19)12(14(23)20-16(21)25)11(22)7-26-15(24)9-4-3-8(17)6-10(9)18/h3-4,6H,2,5,7,19H2,1H3,(H,20,23,25). The number of carbonyl (C=O) groups is 2. The van der Waals surface area contributed by atoms with Crippen molar-refractivity contribution in [3.63, 3.8) is 0 Å². The fourth-order valence-electron chi connectivity index (χ4n) is 2.24. The van der Waals surface area contributed by atoms with E-state index in [-0.39, 0.29) is 12.4 Å². The summed E-state index contributed by atoms with van der Waals surface area (Å²) in [4.78, 5) is 49.5. The van der Waals surface area contributed by atoms with E-state index in [4.69, 9.17) is 5.73 Å². The number of nitrogens with one attached hydrogen (secondary N) is 1. The third kappa shape index (κ3) is 3.85. The number of esters is 1. The van der Waals surface area contributed by atoms with Gasteiger partial charge in [0.05, 0.1) is 5.56 Å². The number of aromatic nitrogens is 2. The van der Waals surface area contributed by atoms with E-state index in [1.165, 1.54) is 0 Å². The Bertz CT molecular complexity index is 981. The maximum Gasteiger partial charge on any atom is 0.341 e. The van der Waals surface area contributed by atoms with Gasteiger partial charge in [-0.15, -0.1) is 0 Å². The number of nitrogens with two attached hydrogens (primary N) is 1. The van der Waals surface area contributed by atoms with Crippen molar-refractivity contribution in [2.24, 2.45) is 0 Å². The van der Waals surface area contributed by atoms with Crippen molar-refractivity contribution in [1.29, 1.82) is 0 Å². The van der Waals surface area contributed by atoms with Crippen LogP contribution in [-0.2, 0) is 11.3 Å². The molecule has 0 radical (unpaired) electrons. The van der Waals surface area contributed by atoms with Gasteiger partial charge in [0.15, 0.2) is 6.61 Å². The van der Waals surface area contributed by atoms with Crippen LogP contribution in [0.25, 0.3) is 0 Å². The summed E-state index contributed by atoms with van der Waals surface area (Å²) in [6, 6.07) is 2.20. The van der Waals surface area contributed by atoms with Crippen molar-refractivity contribution < 1.29 is 23.1 Å². The first-order chi connectivity index (χ1) is 12.3. The lowest BCUT2D eigenvalue weighted by molar-refractivity contribution is 0.0469. The van der Waals surface area contributed by atoms with Crippen LogP contribution < -0.4 is 17.0 Å². The van der Waals surface area contributed by atoms with Crippen molar-refractivity contribution in [2.45, 2.75) is 19.9 Å². The van der Waals surface area contributed by atoms with Crippen molar-refractivity contribution >= 4 is 17.6 Å². The maximum absolute atomic E-state index is 13.5. The van der Waals surface area contributed by atoms with E-state index in [1.807, 2.05) is 4.98 Å². The third-order valence-electron chi connectivity index (χ3n) is 3.45. The molecule has 8 nitrogen and oxygen atoms in total. The molecule has 10 heteroatoms. The second-order valence-corrected chi connectivity index (χ2v) is 5.29. The van der Waals surface area contributed by atoms with Gasteiger partial charge in [0.1, 0.15) is 23.0 Å². The number of Topliss-reactive ketones (excluding diaryl/α,β-unsaturated/α-hetero) is 1. The molecule has 2 aromatic rings. The summed E-state index contributed by atoms with van der Waals surface area (Å²) in [5.41, 5.74) is 2.81. The van der Waals surface area contributed by atoms with Gasteiger partial charge in [-0.25, -0.2) is 18.4 Å². The number of hydrogen-bond acceptors (Lipinski definition) is 6. The first-order valence-corrected chi connectivity index (χ1v) is 7.54. The average molecular weight is 367 g/mol. The van der Waals surface area contributed by atoms with Gasteiger partial charge in [0.2, 0.25) is 5.78 Å². The fourth-order valence-corrected chi connectivity index (χ4v) is 2.24. The van der Waals surface area contributed by atoms with Gasteiger partial charge < -0.3 is 10.5 Å². The Morgan fingerprint density at radius 2 is 1.96 bits per heavy atom.